The highest BCUT2D eigenvalue weighted by atomic mass is 79.9. The van der Waals surface area contributed by atoms with Crippen molar-refractivity contribution >= 4 is 55.4 Å². The number of halogens is 2. The highest BCUT2D eigenvalue weighted by Gasteiger charge is 1.94. The molecule has 0 fully saturated rings. The van der Waals surface area contributed by atoms with Crippen LogP contribution in [0, 0.1) is 0 Å². The largest absolute Gasteiger partial charge is 0.375 e. The molecule has 3 nitrogen and oxygen atoms in total. The van der Waals surface area contributed by atoms with Gasteiger partial charge < -0.3 is 5.73 Å². The molecule has 1 aromatic rings. The molecule has 0 amide bonds. The summed E-state index contributed by atoms with van der Waals surface area (Å²) in [6.45, 7) is 0. The molecule has 0 saturated heterocycles. The molecule has 0 radical (unpaired) electrons. The molecule has 0 unspecified atom stereocenters. The molecule has 0 saturated carbocycles. The standard InChI is InChI=1S/C8H7Br2N3S/c9-6-1-5(2-7(10)3-6)4-12-13-8(11)14/h1-4H,(H3,11,13,14)/b12-4+. The van der Waals surface area contributed by atoms with Gasteiger partial charge in [0.25, 0.3) is 0 Å². The van der Waals surface area contributed by atoms with Gasteiger partial charge in [0.1, 0.15) is 0 Å². The third kappa shape index (κ3) is 4.17. The molecular weight excluding hydrogens is 330 g/mol. The van der Waals surface area contributed by atoms with Crippen molar-refractivity contribution in [2.45, 2.75) is 0 Å². The van der Waals surface area contributed by atoms with Crippen LogP contribution in [-0.2, 0) is 0 Å². The molecular formula is C8H7Br2N3S. The fourth-order valence-corrected chi connectivity index (χ4v) is 2.20. The zero-order chi connectivity index (χ0) is 10.6. The van der Waals surface area contributed by atoms with Crippen LogP contribution in [0.3, 0.4) is 0 Å². The number of hydrazone groups is 1. The monoisotopic (exact) mass is 335 g/mol. The Morgan fingerprint density at radius 3 is 2.43 bits per heavy atom. The van der Waals surface area contributed by atoms with E-state index >= 15 is 0 Å². The first-order valence-corrected chi connectivity index (χ1v) is 5.62. The molecule has 3 N–H and O–H groups in total. The quantitative estimate of drug-likeness (QED) is 0.495. The molecule has 0 aromatic heterocycles. The summed E-state index contributed by atoms with van der Waals surface area (Å²) < 4.78 is 1.95. The second-order valence-corrected chi connectivity index (χ2v) is 4.71. The number of rotatable bonds is 2. The Hall–Kier alpha value is -0.460. The van der Waals surface area contributed by atoms with Crippen molar-refractivity contribution < 1.29 is 0 Å². The Bertz CT molecular complexity index is 359. The minimum absolute atomic E-state index is 0.148. The lowest BCUT2D eigenvalue weighted by Gasteiger charge is -1.97. The van der Waals surface area contributed by atoms with Gasteiger partial charge in [-0.05, 0) is 36.0 Å². The predicted molar refractivity (Wildman–Crippen MR) is 69.4 cm³/mol. The highest BCUT2D eigenvalue weighted by molar-refractivity contribution is 9.11. The third-order valence-corrected chi connectivity index (χ3v) is 2.28. The third-order valence-electron chi connectivity index (χ3n) is 1.27. The van der Waals surface area contributed by atoms with E-state index in [4.69, 9.17) is 5.73 Å². The lowest BCUT2D eigenvalue weighted by molar-refractivity contribution is 1.04. The average Bonchev–Trinajstić information content (AvgIpc) is 2.01. The van der Waals surface area contributed by atoms with Crippen LogP contribution in [0.15, 0.2) is 32.2 Å². The van der Waals surface area contributed by atoms with Gasteiger partial charge >= 0.3 is 0 Å². The minimum atomic E-state index is 0.148. The fourth-order valence-electron chi connectivity index (χ4n) is 0.820. The zero-order valence-corrected chi connectivity index (χ0v) is 11.0. The van der Waals surface area contributed by atoms with Gasteiger partial charge in [0.15, 0.2) is 5.11 Å². The van der Waals surface area contributed by atoms with E-state index in [9.17, 15) is 0 Å². The molecule has 1 aromatic carbocycles. The Labute approximate surface area is 104 Å². The van der Waals surface area contributed by atoms with E-state index < -0.39 is 0 Å². The normalized spacial score (nSPS) is 10.4. The van der Waals surface area contributed by atoms with Crippen LogP contribution in [0.2, 0.25) is 0 Å². The fraction of sp³-hybridized carbons (Fsp3) is 0. The number of nitrogens with one attached hydrogen (secondary N) is 1. The molecule has 0 spiro atoms. The van der Waals surface area contributed by atoms with E-state index in [2.05, 4.69) is 54.6 Å². The molecule has 0 atom stereocenters. The van der Waals surface area contributed by atoms with Crippen molar-refractivity contribution in [1.82, 2.24) is 5.43 Å². The first-order chi connectivity index (χ1) is 6.58. The number of nitrogens with zero attached hydrogens (tertiary/aromatic N) is 1. The highest BCUT2D eigenvalue weighted by Crippen LogP contribution is 2.18. The first kappa shape index (κ1) is 11.6. The molecule has 6 heteroatoms. The van der Waals surface area contributed by atoms with E-state index in [0.717, 1.165) is 14.5 Å². The molecule has 1 rings (SSSR count). The van der Waals surface area contributed by atoms with Crippen molar-refractivity contribution in [3.05, 3.63) is 32.7 Å². The summed E-state index contributed by atoms with van der Waals surface area (Å²) in [6, 6.07) is 5.79. The number of hydrogen-bond acceptors (Lipinski definition) is 2. The van der Waals surface area contributed by atoms with Crippen LogP contribution >= 0.6 is 44.1 Å². The van der Waals surface area contributed by atoms with Crippen molar-refractivity contribution in [3.8, 4) is 0 Å². The molecule has 0 bridgehead atoms. The number of benzene rings is 1. The molecule has 0 aliphatic carbocycles. The lowest BCUT2D eigenvalue weighted by atomic mass is 10.2. The Morgan fingerprint density at radius 2 is 1.93 bits per heavy atom. The number of nitrogens with two attached hydrogens (primary N) is 1. The van der Waals surface area contributed by atoms with Gasteiger partial charge in [0.05, 0.1) is 6.21 Å². The van der Waals surface area contributed by atoms with Crippen molar-refractivity contribution in [2.24, 2.45) is 10.8 Å². The summed E-state index contributed by atoms with van der Waals surface area (Å²) in [5.41, 5.74) is 8.63. The second-order valence-electron chi connectivity index (χ2n) is 2.44. The van der Waals surface area contributed by atoms with Crippen LogP contribution in [0.5, 0.6) is 0 Å². The SMILES string of the molecule is NC(=S)N/N=C/c1cc(Br)cc(Br)c1. The molecule has 0 aliphatic heterocycles. The Balaban J connectivity index is 2.76. The number of hydrogen-bond donors (Lipinski definition) is 2. The van der Waals surface area contributed by atoms with Crippen molar-refractivity contribution in [1.29, 1.82) is 0 Å². The van der Waals surface area contributed by atoms with E-state index in [1.807, 2.05) is 18.2 Å². The maximum atomic E-state index is 5.20. The van der Waals surface area contributed by atoms with E-state index in [1.165, 1.54) is 0 Å². The minimum Gasteiger partial charge on any atom is -0.375 e. The maximum Gasteiger partial charge on any atom is 0.184 e. The zero-order valence-electron chi connectivity index (χ0n) is 7.00. The van der Waals surface area contributed by atoms with Crippen LogP contribution < -0.4 is 11.2 Å². The van der Waals surface area contributed by atoms with E-state index in [-0.39, 0.29) is 5.11 Å². The summed E-state index contributed by atoms with van der Waals surface area (Å²) in [5, 5.41) is 3.99. The topological polar surface area (TPSA) is 50.4 Å². The summed E-state index contributed by atoms with van der Waals surface area (Å²) >= 11 is 11.3. The summed E-state index contributed by atoms with van der Waals surface area (Å²) in [4.78, 5) is 0. The van der Waals surface area contributed by atoms with Gasteiger partial charge in [-0.15, -0.1) is 0 Å². The summed E-state index contributed by atoms with van der Waals surface area (Å²) in [6.07, 6.45) is 1.63. The Kier molecular flexibility index (Phi) is 4.50. The van der Waals surface area contributed by atoms with E-state index in [0.29, 0.717) is 0 Å². The molecule has 0 aliphatic rings. The van der Waals surface area contributed by atoms with Crippen LogP contribution in [0.25, 0.3) is 0 Å². The Morgan fingerprint density at radius 1 is 1.36 bits per heavy atom. The molecule has 0 heterocycles. The van der Waals surface area contributed by atoms with Crippen LogP contribution in [-0.4, -0.2) is 11.3 Å². The van der Waals surface area contributed by atoms with Crippen LogP contribution in [0.1, 0.15) is 5.56 Å². The maximum absolute atomic E-state index is 5.20. The van der Waals surface area contributed by atoms with Gasteiger partial charge in [0.2, 0.25) is 0 Å². The summed E-state index contributed by atoms with van der Waals surface area (Å²) in [7, 11) is 0. The van der Waals surface area contributed by atoms with Gasteiger partial charge in [0, 0.05) is 8.95 Å². The van der Waals surface area contributed by atoms with Gasteiger partial charge in [-0.25, -0.2) is 0 Å². The van der Waals surface area contributed by atoms with Gasteiger partial charge in [-0.3, -0.25) is 5.43 Å². The van der Waals surface area contributed by atoms with E-state index in [1.54, 1.807) is 6.21 Å². The van der Waals surface area contributed by atoms with Gasteiger partial charge in [-0.1, -0.05) is 31.9 Å². The van der Waals surface area contributed by atoms with Gasteiger partial charge in [-0.2, -0.15) is 5.10 Å². The average molecular weight is 337 g/mol. The van der Waals surface area contributed by atoms with Crippen molar-refractivity contribution in [3.63, 3.8) is 0 Å². The first-order valence-electron chi connectivity index (χ1n) is 3.62. The van der Waals surface area contributed by atoms with Crippen LogP contribution in [0.4, 0.5) is 0 Å². The number of thiocarbonyl (C=S) groups is 1. The second kappa shape index (κ2) is 5.43. The lowest BCUT2D eigenvalue weighted by Crippen LogP contribution is -2.23. The smallest absolute Gasteiger partial charge is 0.184 e. The molecule has 74 valence electrons. The predicted octanol–water partition coefficient (Wildman–Crippen LogP) is 2.38. The molecule has 14 heavy (non-hydrogen) atoms. The summed E-state index contributed by atoms with van der Waals surface area (Å²) in [5.74, 6) is 0. The van der Waals surface area contributed by atoms with Crippen molar-refractivity contribution in [2.75, 3.05) is 0 Å².